The van der Waals surface area contributed by atoms with Crippen LogP contribution in [0.4, 0.5) is 4.39 Å². The van der Waals surface area contributed by atoms with E-state index in [1.807, 2.05) is 0 Å². The zero-order valence-corrected chi connectivity index (χ0v) is 5.34. The molecule has 10 heavy (non-hydrogen) atoms. The average Bonchev–Trinajstić information content (AvgIpc) is 1.88. The van der Waals surface area contributed by atoms with Crippen LogP contribution >= 0.6 is 0 Å². The molecule has 0 bridgehead atoms. The zero-order valence-electron chi connectivity index (χ0n) is 5.34. The molecule has 3 heteroatoms. The lowest BCUT2D eigenvalue weighted by molar-refractivity contribution is -0.116. The van der Waals surface area contributed by atoms with Gasteiger partial charge in [0.15, 0.2) is 11.6 Å². The lowest BCUT2D eigenvalue weighted by atomic mass is 10.2. The van der Waals surface area contributed by atoms with E-state index in [0.29, 0.717) is 6.29 Å². The topological polar surface area (TPSA) is 34.1 Å². The first kappa shape index (κ1) is 8.75. The van der Waals surface area contributed by atoms with Gasteiger partial charge in [0.1, 0.15) is 6.29 Å². The maximum atomic E-state index is 11.9. The van der Waals surface area contributed by atoms with Crippen molar-refractivity contribution in [2.24, 2.45) is 0 Å². The Morgan fingerprint density at radius 1 is 1.60 bits per heavy atom. The van der Waals surface area contributed by atoms with E-state index in [1.54, 1.807) is 0 Å². The van der Waals surface area contributed by atoms with Crippen molar-refractivity contribution in [3.8, 4) is 0 Å². The van der Waals surface area contributed by atoms with Crippen LogP contribution in [0.5, 0.6) is 0 Å². The molecule has 0 aromatic carbocycles. The fourth-order valence-corrected chi connectivity index (χ4v) is 0.341. The molecule has 0 aliphatic rings. The number of Topliss-reactive ketones (excluding diaryl/α,β-unsaturated/α-hetero) is 1. The van der Waals surface area contributed by atoms with E-state index in [0.717, 1.165) is 6.08 Å². The van der Waals surface area contributed by atoms with Gasteiger partial charge in [-0.3, -0.25) is 9.59 Å². The Hall–Kier alpha value is -1.25. The van der Waals surface area contributed by atoms with Crippen LogP contribution < -0.4 is 0 Å². The van der Waals surface area contributed by atoms with Crippen LogP contribution in [0.3, 0.4) is 0 Å². The van der Waals surface area contributed by atoms with Gasteiger partial charge in [0.05, 0.1) is 0 Å². The summed E-state index contributed by atoms with van der Waals surface area (Å²) < 4.78 is 11.9. The van der Waals surface area contributed by atoms with Gasteiger partial charge in [-0.25, -0.2) is 4.39 Å². The molecule has 0 aliphatic heterocycles. The van der Waals surface area contributed by atoms with Gasteiger partial charge in [0.2, 0.25) is 0 Å². The molecule has 0 saturated heterocycles. The van der Waals surface area contributed by atoms with E-state index < -0.39 is 11.6 Å². The number of halogens is 1. The summed E-state index contributed by atoms with van der Waals surface area (Å²) in [5.41, 5.74) is 0. The number of carbonyl (C=O) groups is 2. The molecule has 0 aromatic heterocycles. The van der Waals surface area contributed by atoms with Gasteiger partial charge in [-0.1, -0.05) is 12.7 Å². The zero-order chi connectivity index (χ0) is 7.98. The number of hydrogen-bond acceptors (Lipinski definition) is 2. The van der Waals surface area contributed by atoms with E-state index in [4.69, 9.17) is 0 Å². The van der Waals surface area contributed by atoms with Crippen LogP contribution in [0.25, 0.3) is 0 Å². The van der Waals surface area contributed by atoms with E-state index in [2.05, 4.69) is 6.58 Å². The Kier molecular flexibility index (Phi) is 4.04. The summed E-state index contributed by atoms with van der Waals surface area (Å²) in [5, 5.41) is 0. The highest BCUT2D eigenvalue weighted by atomic mass is 19.1. The lowest BCUT2D eigenvalue weighted by Gasteiger charge is -1.86. The molecule has 0 radical (unpaired) electrons. The second-order valence-electron chi connectivity index (χ2n) is 1.60. The van der Waals surface area contributed by atoms with Crippen LogP contribution in [0.1, 0.15) is 6.42 Å². The first-order chi connectivity index (χ1) is 4.68. The number of aldehydes is 1. The second kappa shape index (κ2) is 4.61. The smallest absolute Gasteiger partial charge is 0.194 e. The molecule has 0 fully saturated rings. The van der Waals surface area contributed by atoms with Crippen LogP contribution in [0.2, 0.25) is 0 Å². The van der Waals surface area contributed by atoms with Gasteiger partial charge in [-0.2, -0.15) is 0 Å². The highest BCUT2D eigenvalue weighted by Gasteiger charge is 2.01. The first-order valence-corrected chi connectivity index (χ1v) is 2.66. The van der Waals surface area contributed by atoms with Gasteiger partial charge in [-0.05, 0) is 6.08 Å². The third-order valence-corrected chi connectivity index (χ3v) is 0.820. The van der Waals surface area contributed by atoms with Crippen molar-refractivity contribution in [3.05, 3.63) is 24.6 Å². The van der Waals surface area contributed by atoms with Crippen LogP contribution in [-0.2, 0) is 9.59 Å². The molecule has 0 heterocycles. The predicted molar refractivity (Wildman–Crippen MR) is 35.1 cm³/mol. The van der Waals surface area contributed by atoms with Crippen molar-refractivity contribution in [2.45, 2.75) is 6.42 Å². The minimum absolute atomic E-state index is 0.103. The number of carbonyl (C=O) groups excluding carboxylic acids is 2. The largest absolute Gasteiger partial charge is 0.299 e. The van der Waals surface area contributed by atoms with Crippen LogP contribution in [0, 0.1) is 0 Å². The SMILES string of the molecule is C=C(F)C(=O)C/C=C/C=O. The standard InChI is InChI=1S/C7H7FO2/c1-6(8)7(10)4-2-3-5-9/h2-3,5H,1,4H2/b3-2+. The maximum absolute atomic E-state index is 11.9. The Bertz CT molecular complexity index is 182. The summed E-state index contributed by atoms with van der Waals surface area (Å²) >= 11 is 0. The fraction of sp³-hybridized carbons (Fsp3) is 0.143. The molecular weight excluding hydrogens is 135 g/mol. The van der Waals surface area contributed by atoms with Crippen molar-refractivity contribution in [1.82, 2.24) is 0 Å². The summed E-state index contributed by atoms with van der Waals surface area (Å²) in [4.78, 5) is 20.0. The maximum Gasteiger partial charge on any atom is 0.194 e. The Balaban J connectivity index is 3.70. The Morgan fingerprint density at radius 2 is 2.20 bits per heavy atom. The summed E-state index contributed by atoms with van der Waals surface area (Å²) in [5.74, 6) is -1.67. The Labute approximate surface area is 58.0 Å². The minimum atomic E-state index is -0.976. The highest BCUT2D eigenvalue weighted by Crippen LogP contribution is 1.97. The number of rotatable bonds is 4. The molecule has 54 valence electrons. The Morgan fingerprint density at radius 3 is 2.60 bits per heavy atom. The molecule has 0 aliphatic carbocycles. The molecular formula is C7H7FO2. The summed E-state index contributed by atoms with van der Waals surface area (Å²) in [6.07, 6.45) is 2.84. The quantitative estimate of drug-likeness (QED) is 0.436. The summed E-state index contributed by atoms with van der Waals surface area (Å²) in [7, 11) is 0. The minimum Gasteiger partial charge on any atom is -0.299 e. The van der Waals surface area contributed by atoms with Gasteiger partial charge < -0.3 is 0 Å². The highest BCUT2D eigenvalue weighted by molar-refractivity contribution is 5.93. The van der Waals surface area contributed by atoms with Crippen molar-refractivity contribution >= 4 is 12.1 Å². The van der Waals surface area contributed by atoms with Crippen molar-refractivity contribution in [1.29, 1.82) is 0 Å². The van der Waals surface area contributed by atoms with E-state index in [-0.39, 0.29) is 6.42 Å². The first-order valence-electron chi connectivity index (χ1n) is 2.66. The molecule has 0 aromatic rings. The molecule has 0 amide bonds. The predicted octanol–water partition coefficient (Wildman–Crippen LogP) is 1.18. The molecule has 0 unspecified atom stereocenters. The van der Waals surface area contributed by atoms with Gasteiger partial charge in [-0.15, -0.1) is 0 Å². The molecule has 0 spiro atoms. The van der Waals surface area contributed by atoms with Crippen molar-refractivity contribution in [3.63, 3.8) is 0 Å². The monoisotopic (exact) mass is 142 g/mol. The average molecular weight is 142 g/mol. The normalized spacial score (nSPS) is 9.70. The second-order valence-corrected chi connectivity index (χ2v) is 1.60. The third-order valence-electron chi connectivity index (χ3n) is 0.820. The van der Waals surface area contributed by atoms with Crippen LogP contribution in [0.15, 0.2) is 24.6 Å². The number of ketones is 1. The lowest BCUT2D eigenvalue weighted by Crippen LogP contribution is -1.93. The van der Waals surface area contributed by atoms with Crippen molar-refractivity contribution < 1.29 is 14.0 Å². The molecule has 0 atom stereocenters. The third kappa shape index (κ3) is 3.72. The molecule has 0 rings (SSSR count). The van der Waals surface area contributed by atoms with E-state index >= 15 is 0 Å². The summed E-state index contributed by atoms with van der Waals surface area (Å²) in [6, 6.07) is 0. The van der Waals surface area contributed by atoms with Gasteiger partial charge >= 0.3 is 0 Å². The summed E-state index contributed by atoms with van der Waals surface area (Å²) in [6.45, 7) is 2.80. The number of allylic oxidation sites excluding steroid dienone is 3. The van der Waals surface area contributed by atoms with E-state index in [1.165, 1.54) is 6.08 Å². The van der Waals surface area contributed by atoms with Crippen molar-refractivity contribution in [2.75, 3.05) is 0 Å². The molecule has 2 nitrogen and oxygen atoms in total. The van der Waals surface area contributed by atoms with E-state index in [9.17, 15) is 14.0 Å². The fourth-order valence-electron chi connectivity index (χ4n) is 0.341. The van der Waals surface area contributed by atoms with Crippen LogP contribution in [-0.4, -0.2) is 12.1 Å². The van der Waals surface area contributed by atoms with Gasteiger partial charge in [0, 0.05) is 6.42 Å². The van der Waals surface area contributed by atoms with Gasteiger partial charge in [0.25, 0.3) is 0 Å². The number of hydrogen-bond donors (Lipinski definition) is 0. The molecule has 0 N–H and O–H groups in total. The molecule has 0 saturated carbocycles.